The quantitative estimate of drug-likeness (QED) is 0.753. The summed E-state index contributed by atoms with van der Waals surface area (Å²) in [6, 6.07) is 6.65. The smallest absolute Gasteiger partial charge is 0.0507 e. The lowest BCUT2D eigenvalue weighted by molar-refractivity contribution is 0.740. The summed E-state index contributed by atoms with van der Waals surface area (Å²) in [4.78, 5) is 0. The predicted octanol–water partition coefficient (Wildman–Crippen LogP) is 2.43. The summed E-state index contributed by atoms with van der Waals surface area (Å²) in [6.07, 6.45) is 4.37. The molecular weight excluding hydrogens is 184 g/mol. The molecule has 3 rings (SSSR count). The van der Waals surface area contributed by atoms with Gasteiger partial charge in [0, 0.05) is 24.2 Å². The van der Waals surface area contributed by atoms with Gasteiger partial charge in [0.05, 0.1) is 5.52 Å². The zero-order valence-corrected chi connectivity index (χ0v) is 9.25. The molecule has 2 heteroatoms. The lowest BCUT2D eigenvalue weighted by Crippen LogP contribution is -2.18. The molecule has 0 unspecified atom stereocenters. The second-order valence-corrected chi connectivity index (χ2v) is 4.81. The zero-order valence-electron chi connectivity index (χ0n) is 9.25. The molecule has 1 aromatic heterocycles. The highest BCUT2D eigenvalue weighted by molar-refractivity contribution is 5.84. The van der Waals surface area contributed by atoms with E-state index >= 15 is 0 Å². The molecule has 2 aromatic rings. The van der Waals surface area contributed by atoms with Crippen LogP contribution in [0.4, 0.5) is 0 Å². The van der Waals surface area contributed by atoms with Crippen molar-refractivity contribution in [3.8, 4) is 0 Å². The Hall–Kier alpha value is -1.28. The predicted molar refractivity (Wildman–Crippen MR) is 62.8 cm³/mol. The van der Waals surface area contributed by atoms with Crippen LogP contribution < -0.4 is 5.73 Å². The maximum atomic E-state index is 6.23. The summed E-state index contributed by atoms with van der Waals surface area (Å²) >= 11 is 0. The van der Waals surface area contributed by atoms with Crippen molar-refractivity contribution in [1.29, 1.82) is 0 Å². The molecule has 0 spiro atoms. The van der Waals surface area contributed by atoms with E-state index in [2.05, 4.69) is 42.9 Å². The molecule has 0 bridgehead atoms. The highest BCUT2D eigenvalue weighted by atomic mass is 14.9. The Morgan fingerprint density at radius 1 is 1.33 bits per heavy atom. The lowest BCUT2D eigenvalue weighted by Gasteiger charge is -2.11. The van der Waals surface area contributed by atoms with E-state index in [1.165, 1.54) is 22.0 Å². The maximum Gasteiger partial charge on any atom is 0.0507 e. The molecule has 0 radical (unpaired) electrons. The van der Waals surface area contributed by atoms with Crippen LogP contribution in [0.25, 0.3) is 10.9 Å². The number of nitrogens with zero attached hydrogens (tertiary/aromatic N) is 1. The van der Waals surface area contributed by atoms with Gasteiger partial charge >= 0.3 is 0 Å². The minimum absolute atomic E-state index is 0.0191. The number of hydrogen-bond acceptors (Lipinski definition) is 1. The summed E-state index contributed by atoms with van der Waals surface area (Å²) in [5, 5.41) is 1.31. The fourth-order valence-corrected chi connectivity index (χ4v) is 2.39. The summed E-state index contributed by atoms with van der Waals surface area (Å²) in [5.41, 5.74) is 10.2. The number of fused-ring (bicyclic) bond motifs is 1. The molecular formula is C13H16N2. The van der Waals surface area contributed by atoms with Gasteiger partial charge in [-0.05, 0) is 43.0 Å². The standard InChI is InChI=1S/C13H16N2/c1-9-7-11(13(14)4-5-13)8-10-3-6-15(2)12(9)10/h3,6-8H,4-5,14H2,1-2H3. The molecule has 1 aliphatic carbocycles. The number of rotatable bonds is 1. The Morgan fingerprint density at radius 2 is 2.07 bits per heavy atom. The average Bonchev–Trinajstić information content (AvgIpc) is 2.83. The SMILES string of the molecule is Cc1cc(C2(N)CC2)cc2ccn(C)c12. The van der Waals surface area contributed by atoms with E-state index in [1.54, 1.807) is 0 Å². The maximum absolute atomic E-state index is 6.23. The molecule has 0 saturated heterocycles. The highest BCUT2D eigenvalue weighted by Gasteiger charge is 2.40. The van der Waals surface area contributed by atoms with E-state index in [0.717, 1.165) is 12.8 Å². The van der Waals surface area contributed by atoms with Crippen LogP contribution in [0, 0.1) is 6.92 Å². The van der Waals surface area contributed by atoms with Crippen molar-refractivity contribution in [2.24, 2.45) is 12.8 Å². The number of benzene rings is 1. The fraction of sp³-hybridized carbons (Fsp3) is 0.385. The Bertz CT molecular complexity index is 533. The van der Waals surface area contributed by atoms with Crippen LogP contribution in [0.5, 0.6) is 0 Å². The monoisotopic (exact) mass is 200 g/mol. The van der Waals surface area contributed by atoms with Crippen LogP contribution in [0.1, 0.15) is 24.0 Å². The summed E-state index contributed by atoms with van der Waals surface area (Å²) < 4.78 is 2.17. The number of aromatic nitrogens is 1. The van der Waals surface area contributed by atoms with Gasteiger partial charge in [0.15, 0.2) is 0 Å². The van der Waals surface area contributed by atoms with Crippen LogP contribution in [0.2, 0.25) is 0 Å². The first-order valence-corrected chi connectivity index (χ1v) is 5.45. The van der Waals surface area contributed by atoms with Crippen LogP contribution in [0.15, 0.2) is 24.4 Å². The number of hydrogen-bond donors (Lipinski definition) is 1. The minimum Gasteiger partial charge on any atom is -0.350 e. The third kappa shape index (κ3) is 1.21. The number of nitrogens with two attached hydrogens (primary N) is 1. The largest absolute Gasteiger partial charge is 0.350 e. The molecule has 1 aromatic carbocycles. The molecule has 15 heavy (non-hydrogen) atoms. The Morgan fingerprint density at radius 3 is 2.73 bits per heavy atom. The van der Waals surface area contributed by atoms with E-state index in [-0.39, 0.29) is 5.54 Å². The molecule has 78 valence electrons. The van der Waals surface area contributed by atoms with Gasteiger partial charge in [0.1, 0.15) is 0 Å². The Kier molecular flexibility index (Phi) is 1.58. The van der Waals surface area contributed by atoms with Crippen LogP contribution in [-0.2, 0) is 12.6 Å². The third-order valence-electron chi connectivity index (χ3n) is 3.52. The van der Waals surface area contributed by atoms with Crippen molar-refractivity contribution in [3.63, 3.8) is 0 Å². The van der Waals surface area contributed by atoms with Crippen molar-refractivity contribution in [2.45, 2.75) is 25.3 Å². The highest BCUT2D eigenvalue weighted by Crippen LogP contribution is 2.43. The molecule has 0 amide bonds. The van der Waals surface area contributed by atoms with E-state index in [0.29, 0.717) is 0 Å². The van der Waals surface area contributed by atoms with Gasteiger partial charge in [-0.3, -0.25) is 0 Å². The molecule has 1 aliphatic rings. The summed E-state index contributed by atoms with van der Waals surface area (Å²) in [6.45, 7) is 2.16. The summed E-state index contributed by atoms with van der Waals surface area (Å²) in [5.74, 6) is 0. The average molecular weight is 200 g/mol. The van der Waals surface area contributed by atoms with E-state index in [4.69, 9.17) is 5.73 Å². The van der Waals surface area contributed by atoms with Gasteiger partial charge in [0.2, 0.25) is 0 Å². The molecule has 2 N–H and O–H groups in total. The van der Waals surface area contributed by atoms with E-state index < -0.39 is 0 Å². The van der Waals surface area contributed by atoms with Gasteiger partial charge in [-0.1, -0.05) is 6.07 Å². The van der Waals surface area contributed by atoms with Crippen molar-refractivity contribution >= 4 is 10.9 Å². The van der Waals surface area contributed by atoms with Gasteiger partial charge in [-0.15, -0.1) is 0 Å². The van der Waals surface area contributed by atoms with Gasteiger partial charge in [-0.25, -0.2) is 0 Å². The summed E-state index contributed by atoms with van der Waals surface area (Å²) in [7, 11) is 2.09. The van der Waals surface area contributed by atoms with Crippen molar-refractivity contribution in [3.05, 3.63) is 35.5 Å². The zero-order chi connectivity index (χ0) is 10.6. The molecule has 0 aliphatic heterocycles. The first-order valence-electron chi connectivity index (χ1n) is 5.45. The molecule has 0 atom stereocenters. The van der Waals surface area contributed by atoms with Crippen molar-refractivity contribution < 1.29 is 0 Å². The van der Waals surface area contributed by atoms with Gasteiger partial charge in [-0.2, -0.15) is 0 Å². The second-order valence-electron chi connectivity index (χ2n) is 4.81. The first kappa shape index (κ1) is 8.98. The van der Waals surface area contributed by atoms with Crippen LogP contribution >= 0.6 is 0 Å². The Labute approximate surface area is 89.7 Å². The molecule has 1 saturated carbocycles. The molecule has 1 fully saturated rings. The van der Waals surface area contributed by atoms with Gasteiger partial charge in [0.25, 0.3) is 0 Å². The fourth-order valence-electron chi connectivity index (χ4n) is 2.39. The van der Waals surface area contributed by atoms with Crippen LogP contribution in [-0.4, -0.2) is 4.57 Å². The van der Waals surface area contributed by atoms with Gasteiger partial charge < -0.3 is 10.3 Å². The lowest BCUT2D eigenvalue weighted by atomic mass is 10.0. The first-order chi connectivity index (χ1) is 7.10. The van der Waals surface area contributed by atoms with Crippen molar-refractivity contribution in [2.75, 3.05) is 0 Å². The Balaban J connectivity index is 2.28. The molecule has 2 nitrogen and oxygen atoms in total. The third-order valence-corrected chi connectivity index (χ3v) is 3.52. The van der Waals surface area contributed by atoms with Crippen molar-refractivity contribution in [1.82, 2.24) is 4.57 Å². The topological polar surface area (TPSA) is 30.9 Å². The van der Waals surface area contributed by atoms with E-state index in [9.17, 15) is 0 Å². The number of aryl methyl sites for hydroxylation is 2. The molecule has 1 heterocycles. The second kappa shape index (κ2) is 2.64. The normalized spacial score (nSPS) is 18.3. The van der Waals surface area contributed by atoms with Crippen LogP contribution in [0.3, 0.4) is 0 Å². The minimum atomic E-state index is -0.0191. The van der Waals surface area contributed by atoms with E-state index in [1.807, 2.05) is 0 Å².